The second-order valence-corrected chi connectivity index (χ2v) is 4.33. The van der Waals surface area contributed by atoms with Gasteiger partial charge in [0.05, 0.1) is 5.51 Å². The van der Waals surface area contributed by atoms with Crippen molar-refractivity contribution in [3.05, 3.63) is 46.4 Å². The molecule has 0 saturated heterocycles. The van der Waals surface area contributed by atoms with Crippen LogP contribution in [0.3, 0.4) is 0 Å². The van der Waals surface area contributed by atoms with Crippen LogP contribution in [0.5, 0.6) is 0 Å². The highest BCUT2D eigenvalue weighted by atomic mass is 32.1. The van der Waals surface area contributed by atoms with Gasteiger partial charge in [-0.1, -0.05) is 18.2 Å². The van der Waals surface area contributed by atoms with Crippen molar-refractivity contribution in [3.63, 3.8) is 0 Å². The molecule has 1 atom stereocenters. The van der Waals surface area contributed by atoms with Crippen molar-refractivity contribution in [1.29, 1.82) is 0 Å². The number of carbonyl (C=O) groups is 1. The fraction of sp³-hybridized carbons (Fsp3) is 0.0909. The third kappa shape index (κ3) is 1.26. The van der Waals surface area contributed by atoms with Crippen LogP contribution in [0.15, 0.2) is 36.0 Å². The number of benzene rings is 1. The van der Waals surface area contributed by atoms with Crippen molar-refractivity contribution in [2.45, 2.75) is 5.92 Å². The van der Waals surface area contributed by atoms with Gasteiger partial charge in [-0.15, -0.1) is 11.3 Å². The Kier molecular flexibility index (Phi) is 1.82. The molecule has 74 valence electrons. The number of nitrogens with zero attached hydrogens (tertiary/aromatic N) is 1. The lowest BCUT2D eigenvalue weighted by molar-refractivity contribution is -0.116. The number of anilines is 1. The van der Waals surface area contributed by atoms with Gasteiger partial charge in [0.2, 0.25) is 5.91 Å². The first kappa shape index (κ1) is 8.61. The van der Waals surface area contributed by atoms with Crippen LogP contribution in [-0.4, -0.2) is 10.9 Å². The third-order valence-corrected chi connectivity index (χ3v) is 3.37. The molecule has 1 aromatic heterocycles. The van der Waals surface area contributed by atoms with E-state index in [-0.39, 0.29) is 11.8 Å². The van der Waals surface area contributed by atoms with Crippen LogP contribution in [0.2, 0.25) is 0 Å². The number of rotatable bonds is 1. The number of amides is 1. The Morgan fingerprint density at radius 3 is 3.00 bits per heavy atom. The molecule has 0 bridgehead atoms. The summed E-state index contributed by atoms with van der Waals surface area (Å²) in [6.45, 7) is 0. The Balaban J connectivity index is 2.14. The van der Waals surface area contributed by atoms with Crippen LogP contribution >= 0.6 is 11.3 Å². The van der Waals surface area contributed by atoms with Crippen molar-refractivity contribution in [2.75, 3.05) is 5.32 Å². The minimum absolute atomic E-state index is 0.0421. The van der Waals surface area contributed by atoms with E-state index in [1.54, 1.807) is 11.7 Å². The molecule has 2 aromatic rings. The SMILES string of the molecule is O=C1Nc2ccccc2C1c1cncs1. The number of nitrogens with one attached hydrogen (secondary N) is 1. The maximum Gasteiger partial charge on any atom is 0.237 e. The number of fused-ring (bicyclic) bond motifs is 1. The molecule has 3 rings (SSSR count). The third-order valence-electron chi connectivity index (χ3n) is 2.53. The van der Waals surface area contributed by atoms with Crippen LogP contribution in [0.4, 0.5) is 5.69 Å². The molecule has 2 heterocycles. The van der Waals surface area contributed by atoms with Gasteiger partial charge in [0.1, 0.15) is 5.92 Å². The van der Waals surface area contributed by atoms with E-state index >= 15 is 0 Å². The van der Waals surface area contributed by atoms with Crippen LogP contribution in [0, 0.1) is 0 Å². The van der Waals surface area contributed by atoms with Crippen molar-refractivity contribution in [3.8, 4) is 0 Å². The first-order chi connectivity index (χ1) is 7.36. The quantitative estimate of drug-likeness (QED) is 0.794. The van der Waals surface area contributed by atoms with Crippen LogP contribution < -0.4 is 5.32 Å². The van der Waals surface area contributed by atoms with Gasteiger partial charge in [0.15, 0.2) is 0 Å². The lowest BCUT2D eigenvalue weighted by atomic mass is 10.00. The normalized spacial score (nSPS) is 18.7. The summed E-state index contributed by atoms with van der Waals surface area (Å²) in [7, 11) is 0. The van der Waals surface area contributed by atoms with Crippen molar-refractivity contribution in [1.82, 2.24) is 4.98 Å². The summed E-state index contributed by atoms with van der Waals surface area (Å²) >= 11 is 1.52. The van der Waals surface area contributed by atoms with E-state index in [0.717, 1.165) is 16.1 Å². The van der Waals surface area contributed by atoms with E-state index in [1.807, 2.05) is 24.3 Å². The summed E-state index contributed by atoms with van der Waals surface area (Å²) in [5.41, 5.74) is 3.72. The number of thiazole rings is 1. The minimum atomic E-state index is -0.173. The van der Waals surface area contributed by atoms with Gasteiger partial charge < -0.3 is 5.32 Å². The van der Waals surface area contributed by atoms with Crippen LogP contribution in [-0.2, 0) is 4.79 Å². The van der Waals surface area contributed by atoms with Gasteiger partial charge in [0.25, 0.3) is 0 Å². The predicted octanol–water partition coefficient (Wildman–Crippen LogP) is 2.23. The Labute approximate surface area is 90.8 Å². The fourth-order valence-corrected chi connectivity index (χ4v) is 2.59. The summed E-state index contributed by atoms with van der Waals surface area (Å²) in [6.07, 6.45) is 1.76. The highest BCUT2D eigenvalue weighted by Crippen LogP contribution is 2.37. The summed E-state index contributed by atoms with van der Waals surface area (Å²) in [5.74, 6) is -0.130. The molecule has 1 aromatic carbocycles. The van der Waals surface area contributed by atoms with E-state index in [4.69, 9.17) is 0 Å². The molecule has 0 fully saturated rings. The lowest BCUT2D eigenvalue weighted by Gasteiger charge is -2.03. The lowest BCUT2D eigenvalue weighted by Crippen LogP contribution is -2.11. The second kappa shape index (κ2) is 3.17. The molecule has 1 N–H and O–H groups in total. The molecule has 3 nitrogen and oxygen atoms in total. The van der Waals surface area contributed by atoms with Gasteiger partial charge >= 0.3 is 0 Å². The molecule has 1 unspecified atom stereocenters. The van der Waals surface area contributed by atoms with Crippen molar-refractivity contribution in [2.24, 2.45) is 0 Å². The molecular formula is C11H8N2OS. The molecule has 0 aliphatic carbocycles. The van der Waals surface area contributed by atoms with E-state index in [9.17, 15) is 4.79 Å². The molecule has 0 saturated carbocycles. The zero-order chi connectivity index (χ0) is 10.3. The molecule has 15 heavy (non-hydrogen) atoms. The number of carbonyl (C=O) groups excluding carboxylic acids is 1. The first-order valence-corrected chi connectivity index (χ1v) is 5.52. The van der Waals surface area contributed by atoms with Crippen LogP contribution in [0.25, 0.3) is 0 Å². The van der Waals surface area contributed by atoms with E-state index in [1.165, 1.54) is 11.3 Å². The zero-order valence-corrected chi connectivity index (χ0v) is 8.62. The average Bonchev–Trinajstić information content (AvgIpc) is 2.82. The number of para-hydroxylation sites is 1. The predicted molar refractivity (Wildman–Crippen MR) is 59.0 cm³/mol. The molecule has 0 spiro atoms. The molecule has 1 aliphatic rings. The molecule has 1 aliphatic heterocycles. The maximum atomic E-state index is 11.8. The fourth-order valence-electron chi connectivity index (χ4n) is 1.86. The summed E-state index contributed by atoms with van der Waals surface area (Å²) < 4.78 is 0. The van der Waals surface area contributed by atoms with Gasteiger partial charge in [-0.05, 0) is 11.6 Å². The Bertz CT molecular complexity index is 507. The molecular weight excluding hydrogens is 208 g/mol. The molecule has 0 radical (unpaired) electrons. The monoisotopic (exact) mass is 216 g/mol. The van der Waals surface area contributed by atoms with Crippen molar-refractivity contribution < 1.29 is 4.79 Å². The largest absolute Gasteiger partial charge is 0.325 e. The average molecular weight is 216 g/mol. The standard InChI is InChI=1S/C11H8N2OS/c14-11-10(9-5-12-6-15-9)7-3-1-2-4-8(7)13-11/h1-6,10H,(H,13,14). The zero-order valence-electron chi connectivity index (χ0n) is 7.81. The van der Waals surface area contributed by atoms with Gasteiger partial charge in [-0.3, -0.25) is 9.78 Å². The smallest absolute Gasteiger partial charge is 0.237 e. The first-order valence-electron chi connectivity index (χ1n) is 4.64. The van der Waals surface area contributed by atoms with Crippen LogP contribution in [0.1, 0.15) is 16.4 Å². The Morgan fingerprint density at radius 1 is 1.33 bits per heavy atom. The maximum absolute atomic E-state index is 11.8. The minimum Gasteiger partial charge on any atom is -0.325 e. The van der Waals surface area contributed by atoms with Gasteiger partial charge in [-0.2, -0.15) is 0 Å². The van der Waals surface area contributed by atoms with E-state index in [0.29, 0.717) is 0 Å². The summed E-state index contributed by atoms with van der Waals surface area (Å²) in [6, 6.07) is 7.78. The van der Waals surface area contributed by atoms with E-state index < -0.39 is 0 Å². The Hall–Kier alpha value is -1.68. The molecule has 4 heteroatoms. The molecule has 1 amide bonds. The summed E-state index contributed by atoms with van der Waals surface area (Å²) in [4.78, 5) is 16.8. The van der Waals surface area contributed by atoms with Gasteiger partial charge in [0, 0.05) is 16.8 Å². The topological polar surface area (TPSA) is 42.0 Å². The number of hydrogen-bond acceptors (Lipinski definition) is 3. The summed E-state index contributed by atoms with van der Waals surface area (Å²) in [5, 5.41) is 2.88. The highest BCUT2D eigenvalue weighted by molar-refractivity contribution is 7.09. The number of aromatic nitrogens is 1. The number of hydrogen-bond donors (Lipinski definition) is 1. The van der Waals surface area contributed by atoms with E-state index in [2.05, 4.69) is 10.3 Å². The second-order valence-electron chi connectivity index (χ2n) is 3.41. The Morgan fingerprint density at radius 2 is 2.20 bits per heavy atom. The highest BCUT2D eigenvalue weighted by Gasteiger charge is 2.32. The van der Waals surface area contributed by atoms with Gasteiger partial charge in [-0.25, -0.2) is 0 Å². The van der Waals surface area contributed by atoms with Crippen molar-refractivity contribution >= 4 is 22.9 Å².